The molecule has 0 atom stereocenters. The predicted molar refractivity (Wildman–Crippen MR) is 111 cm³/mol. The van der Waals surface area contributed by atoms with E-state index >= 15 is 0 Å². The van der Waals surface area contributed by atoms with Crippen LogP contribution in [0.4, 0.5) is 10.2 Å². The van der Waals surface area contributed by atoms with E-state index < -0.39 is 15.8 Å². The van der Waals surface area contributed by atoms with Crippen LogP contribution in [-0.2, 0) is 21.4 Å². The number of halogens is 1. The van der Waals surface area contributed by atoms with E-state index in [0.717, 1.165) is 17.8 Å². The molecule has 1 aliphatic heterocycles. The van der Waals surface area contributed by atoms with Crippen LogP contribution in [0.5, 0.6) is 0 Å². The Morgan fingerprint density at radius 3 is 2.43 bits per heavy atom. The van der Waals surface area contributed by atoms with Crippen molar-refractivity contribution in [2.45, 2.75) is 37.1 Å². The average Bonchev–Trinajstić information content (AvgIpc) is 2.73. The Labute approximate surface area is 176 Å². The summed E-state index contributed by atoms with van der Waals surface area (Å²) in [5.74, 6) is 0.739. The van der Waals surface area contributed by atoms with Crippen molar-refractivity contribution in [1.82, 2.24) is 19.2 Å². The molecule has 0 saturated carbocycles. The van der Waals surface area contributed by atoms with Crippen molar-refractivity contribution < 1.29 is 17.6 Å². The number of anilines is 1. The highest BCUT2D eigenvalue weighted by Crippen LogP contribution is 2.30. The van der Waals surface area contributed by atoms with Gasteiger partial charge in [-0.25, -0.2) is 22.8 Å². The summed E-state index contributed by atoms with van der Waals surface area (Å²) < 4.78 is 40.2. The number of carbonyl (C=O) groups excluding carboxylic acids is 1. The molecule has 0 radical (unpaired) electrons. The zero-order valence-electron chi connectivity index (χ0n) is 17.3. The number of nitrogens with zero attached hydrogens (tertiary/aromatic N) is 4. The van der Waals surface area contributed by atoms with Gasteiger partial charge >= 0.3 is 0 Å². The van der Waals surface area contributed by atoms with Gasteiger partial charge in [0.05, 0.1) is 11.4 Å². The second-order valence-electron chi connectivity index (χ2n) is 7.35. The summed E-state index contributed by atoms with van der Waals surface area (Å²) in [4.78, 5) is 22.2. The first-order valence-electron chi connectivity index (χ1n) is 9.73. The Morgan fingerprint density at radius 2 is 1.87 bits per heavy atom. The topological polar surface area (TPSA) is 95.5 Å². The summed E-state index contributed by atoms with van der Waals surface area (Å²) in [6, 6.07) is 6.75. The second kappa shape index (κ2) is 9.05. The van der Waals surface area contributed by atoms with Crippen LogP contribution in [0.25, 0.3) is 0 Å². The molecule has 3 rings (SSSR count). The lowest BCUT2D eigenvalue weighted by Gasteiger charge is -2.31. The molecule has 10 heteroatoms. The van der Waals surface area contributed by atoms with Gasteiger partial charge in [0.25, 0.3) is 0 Å². The summed E-state index contributed by atoms with van der Waals surface area (Å²) in [5.41, 5.74) is 0.833. The Balaban J connectivity index is 1.74. The maximum Gasteiger partial charge on any atom is 0.243 e. The van der Waals surface area contributed by atoms with E-state index in [9.17, 15) is 17.6 Å². The highest BCUT2D eigenvalue weighted by molar-refractivity contribution is 7.89. The SMILES string of the molecule is CNc1cc(C2CCN(S(=O)(=O)c3ccc(F)cc3)CC2)nc(CN(C)C(C)=O)n1. The summed E-state index contributed by atoms with van der Waals surface area (Å²) in [7, 11) is -0.196. The molecule has 1 aromatic carbocycles. The normalized spacial score (nSPS) is 15.7. The third-order valence-electron chi connectivity index (χ3n) is 5.29. The molecule has 0 aliphatic carbocycles. The van der Waals surface area contributed by atoms with E-state index in [0.29, 0.717) is 44.1 Å². The first kappa shape index (κ1) is 22.1. The quantitative estimate of drug-likeness (QED) is 0.748. The van der Waals surface area contributed by atoms with Crippen molar-refractivity contribution in [3.8, 4) is 0 Å². The molecule has 8 nitrogen and oxygen atoms in total. The lowest BCUT2D eigenvalue weighted by molar-refractivity contribution is -0.128. The lowest BCUT2D eigenvalue weighted by Crippen LogP contribution is -2.38. The minimum atomic E-state index is -3.65. The lowest BCUT2D eigenvalue weighted by atomic mass is 9.94. The van der Waals surface area contributed by atoms with Crippen molar-refractivity contribution in [3.63, 3.8) is 0 Å². The van der Waals surface area contributed by atoms with Gasteiger partial charge in [-0.15, -0.1) is 0 Å². The third-order valence-corrected chi connectivity index (χ3v) is 7.20. The minimum absolute atomic E-state index is 0.0747. The van der Waals surface area contributed by atoms with Crippen LogP contribution in [0.2, 0.25) is 0 Å². The number of carbonyl (C=O) groups is 1. The zero-order chi connectivity index (χ0) is 21.9. The van der Waals surface area contributed by atoms with Crippen LogP contribution in [0.1, 0.15) is 37.2 Å². The van der Waals surface area contributed by atoms with Crippen molar-refractivity contribution >= 4 is 21.7 Å². The summed E-state index contributed by atoms with van der Waals surface area (Å²) in [5, 5.41) is 3.02. The Morgan fingerprint density at radius 1 is 1.23 bits per heavy atom. The number of amides is 1. The molecule has 0 spiro atoms. The van der Waals surface area contributed by atoms with Gasteiger partial charge in [0.1, 0.15) is 17.5 Å². The molecule has 0 bridgehead atoms. The van der Waals surface area contributed by atoms with Crippen LogP contribution >= 0.6 is 0 Å². The van der Waals surface area contributed by atoms with Gasteiger partial charge in [-0.3, -0.25) is 4.79 Å². The molecule has 30 heavy (non-hydrogen) atoms. The standard InChI is InChI=1S/C20H26FN5O3S/c1-14(27)25(3)13-20-23-18(12-19(22-2)24-20)15-8-10-26(11-9-15)30(28,29)17-6-4-16(21)5-7-17/h4-7,12,15H,8-11,13H2,1-3H3,(H,22,23,24). The van der Waals surface area contributed by atoms with Crippen molar-refractivity contribution in [2.24, 2.45) is 0 Å². The number of nitrogens with one attached hydrogen (secondary N) is 1. The van der Waals surface area contributed by atoms with E-state index in [2.05, 4.69) is 15.3 Å². The third kappa shape index (κ3) is 4.93. The van der Waals surface area contributed by atoms with Gasteiger partial charge in [-0.05, 0) is 37.1 Å². The van der Waals surface area contributed by atoms with Crippen LogP contribution < -0.4 is 5.32 Å². The smallest absolute Gasteiger partial charge is 0.243 e. The molecule has 1 aliphatic rings. The van der Waals surface area contributed by atoms with E-state index in [4.69, 9.17) is 0 Å². The van der Waals surface area contributed by atoms with E-state index in [1.54, 1.807) is 14.1 Å². The summed E-state index contributed by atoms with van der Waals surface area (Å²) >= 11 is 0. The molecule has 1 fully saturated rings. The summed E-state index contributed by atoms with van der Waals surface area (Å²) in [6.45, 7) is 2.49. The van der Waals surface area contributed by atoms with Crippen LogP contribution in [0.3, 0.4) is 0 Å². The molecule has 1 aromatic heterocycles. The van der Waals surface area contributed by atoms with Crippen LogP contribution in [0.15, 0.2) is 35.2 Å². The monoisotopic (exact) mass is 435 g/mol. The molecular weight excluding hydrogens is 409 g/mol. The van der Waals surface area contributed by atoms with Gasteiger partial charge in [-0.1, -0.05) is 0 Å². The molecule has 1 amide bonds. The molecule has 162 valence electrons. The van der Waals surface area contributed by atoms with Crippen LogP contribution in [-0.4, -0.2) is 60.7 Å². The predicted octanol–water partition coefficient (Wildman–Crippen LogP) is 2.20. The van der Waals surface area contributed by atoms with E-state index in [-0.39, 0.29) is 16.7 Å². The average molecular weight is 436 g/mol. The number of benzene rings is 1. The van der Waals surface area contributed by atoms with Gasteiger partial charge in [0.2, 0.25) is 15.9 Å². The Bertz CT molecular complexity index is 1010. The maximum absolute atomic E-state index is 13.1. The minimum Gasteiger partial charge on any atom is -0.373 e. The van der Waals surface area contributed by atoms with Crippen molar-refractivity contribution in [2.75, 3.05) is 32.5 Å². The first-order chi connectivity index (χ1) is 14.2. The maximum atomic E-state index is 13.1. The van der Waals surface area contributed by atoms with Crippen LogP contribution in [0, 0.1) is 5.82 Å². The number of piperidine rings is 1. The second-order valence-corrected chi connectivity index (χ2v) is 9.29. The molecule has 2 heterocycles. The Hall–Kier alpha value is -2.59. The van der Waals surface area contributed by atoms with E-state index in [1.807, 2.05) is 6.07 Å². The molecule has 0 unspecified atom stereocenters. The molecular formula is C20H26FN5O3S. The molecule has 1 N–H and O–H groups in total. The zero-order valence-corrected chi connectivity index (χ0v) is 18.1. The highest BCUT2D eigenvalue weighted by Gasteiger charge is 2.31. The number of aromatic nitrogens is 2. The fourth-order valence-corrected chi connectivity index (χ4v) is 4.87. The number of hydrogen-bond acceptors (Lipinski definition) is 6. The number of sulfonamides is 1. The van der Waals surface area contributed by atoms with Gasteiger partial charge in [-0.2, -0.15) is 4.31 Å². The first-order valence-corrected chi connectivity index (χ1v) is 11.2. The number of rotatable bonds is 6. The summed E-state index contributed by atoms with van der Waals surface area (Å²) in [6.07, 6.45) is 1.23. The fourth-order valence-electron chi connectivity index (χ4n) is 3.40. The van der Waals surface area contributed by atoms with E-state index in [1.165, 1.54) is 28.3 Å². The van der Waals surface area contributed by atoms with Crippen molar-refractivity contribution in [3.05, 3.63) is 47.7 Å². The highest BCUT2D eigenvalue weighted by atomic mass is 32.2. The largest absolute Gasteiger partial charge is 0.373 e. The Kier molecular flexibility index (Phi) is 6.67. The van der Waals surface area contributed by atoms with Gasteiger partial charge in [0.15, 0.2) is 0 Å². The fraction of sp³-hybridized carbons (Fsp3) is 0.450. The molecule has 2 aromatic rings. The van der Waals surface area contributed by atoms with Gasteiger partial charge < -0.3 is 10.2 Å². The number of hydrogen-bond donors (Lipinski definition) is 1. The van der Waals surface area contributed by atoms with Gasteiger partial charge in [0, 0.05) is 51.8 Å². The van der Waals surface area contributed by atoms with Crippen molar-refractivity contribution in [1.29, 1.82) is 0 Å². The molecule has 1 saturated heterocycles.